The number of nitrogens with one attached hydrogen (secondary N) is 1. The molecule has 242 valence electrons. The third-order valence-electron chi connectivity index (χ3n) is 9.54. The van der Waals surface area contributed by atoms with Gasteiger partial charge in [0.1, 0.15) is 15.6 Å². The number of fused-ring (bicyclic) bond motifs is 1. The summed E-state index contributed by atoms with van der Waals surface area (Å²) >= 11 is -2.09. The van der Waals surface area contributed by atoms with Crippen molar-refractivity contribution in [1.29, 1.82) is 0 Å². The van der Waals surface area contributed by atoms with Gasteiger partial charge in [0.25, 0.3) is 0 Å². The van der Waals surface area contributed by atoms with E-state index in [0.29, 0.717) is 74.1 Å². The van der Waals surface area contributed by atoms with E-state index in [1.165, 1.54) is 6.26 Å². The molecule has 1 heterocycles. The van der Waals surface area contributed by atoms with E-state index in [2.05, 4.69) is 5.32 Å². The number of hydrogen-bond acceptors (Lipinski definition) is 8. The number of amides is 1. The van der Waals surface area contributed by atoms with Crippen molar-refractivity contribution >= 4 is 56.0 Å². The summed E-state index contributed by atoms with van der Waals surface area (Å²) in [6, 6.07) is 13.3. The van der Waals surface area contributed by atoms with Gasteiger partial charge in [-0.3, -0.25) is 13.8 Å². The fourth-order valence-corrected chi connectivity index (χ4v) is 8.64. The number of rotatable bonds is 9. The molecule has 2 aromatic carbocycles. The number of allylic oxidation sites excluding steroid dienone is 1. The number of esters is 1. The molecule has 0 bridgehead atoms. The standard InChI is InChI=1S/C34H42N2O7S2/c1-34(2)29(20-11-22-7-5-4-6-8-22)36-31-27(35-32(37)24-12-9-23(10-13-24)21-44(39)40)18-19-28(30(31)34)43-33(38)25-14-16-26(17-15-25)45(3,41)42/h4-8,11,18-20,23-26H,9-10,12-17,21H2,1-3H3,(H,35,37)(H,39,40)/p-1/b20-11+. The van der Waals surface area contributed by atoms with Crippen LogP contribution in [0.25, 0.3) is 6.08 Å². The predicted octanol–water partition coefficient (Wildman–Crippen LogP) is 5.90. The summed E-state index contributed by atoms with van der Waals surface area (Å²) in [4.78, 5) is 31.7. The van der Waals surface area contributed by atoms with Crippen molar-refractivity contribution in [3.8, 4) is 5.75 Å². The first kappa shape index (κ1) is 33.2. The van der Waals surface area contributed by atoms with Crippen molar-refractivity contribution in [3.05, 3.63) is 59.7 Å². The third kappa shape index (κ3) is 7.81. The van der Waals surface area contributed by atoms with E-state index in [0.717, 1.165) is 11.3 Å². The first-order valence-corrected chi connectivity index (χ1v) is 18.8. The van der Waals surface area contributed by atoms with E-state index in [1.807, 2.05) is 56.3 Å². The topological polar surface area (TPSA) is 142 Å². The van der Waals surface area contributed by atoms with Gasteiger partial charge in [0, 0.05) is 28.9 Å². The molecule has 1 atom stereocenters. The smallest absolute Gasteiger partial charge is 0.314 e. The molecule has 2 fully saturated rings. The maximum absolute atomic E-state index is 13.4. The van der Waals surface area contributed by atoms with E-state index in [4.69, 9.17) is 9.73 Å². The normalized spacial score (nSPS) is 25.3. The van der Waals surface area contributed by atoms with Crippen LogP contribution in [0.5, 0.6) is 5.75 Å². The van der Waals surface area contributed by atoms with E-state index in [1.54, 1.807) is 12.1 Å². The highest BCUT2D eigenvalue weighted by Crippen LogP contribution is 2.50. The Labute approximate surface area is 268 Å². The average molecular weight is 654 g/mol. The molecule has 0 spiro atoms. The number of ether oxygens (including phenoxy) is 1. The summed E-state index contributed by atoms with van der Waals surface area (Å²) in [6.07, 6.45) is 9.54. The van der Waals surface area contributed by atoms with Crippen molar-refractivity contribution in [2.75, 3.05) is 17.3 Å². The van der Waals surface area contributed by atoms with Gasteiger partial charge in [-0.2, -0.15) is 0 Å². The minimum Gasteiger partial charge on any atom is -0.772 e. The Balaban J connectivity index is 1.39. The number of hydrogen-bond donors (Lipinski definition) is 1. The summed E-state index contributed by atoms with van der Waals surface area (Å²) < 4.78 is 52.3. The van der Waals surface area contributed by atoms with Crippen molar-refractivity contribution in [3.63, 3.8) is 0 Å². The van der Waals surface area contributed by atoms with Crippen LogP contribution in [0.3, 0.4) is 0 Å². The van der Waals surface area contributed by atoms with Crippen LogP contribution in [0, 0.1) is 17.8 Å². The van der Waals surface area contributed by atoms with E-state index in [9.17, 15) is 26.8 Å². The van der Waals surface area contributed by atoms with Gasteiger partial charge >= 0.3 is 5.97 Å². The number of nitrogens with zero attached hydrogens (tertiary/aromatic N) is 1. The lowest BCUT2D eigenvalue weighted by molar-refractivity contribution is -0.140. The van der Waals surface area contributed by atoms with Crippen LogP contribution in [0.2, 0.25) is 0 Å². The Kier molecular flexibility index (Phi) is 10.1. The predicted molar refractivity (Wildman–Crippen MR) is 176 cm³/mol. The van der Waals surface area contributed by atoms with Crippen LogP contribution in [-0.4, -0.2) is 52.0 Å². The number of anilines is 1. The number of carbonyl (C=O) groups is 2. The van der Waals surface area contributed by atoms with E-state index in [-0.39, 0.29) is 29.5 Å². The Morgan fingerprint density at radius 1 is 0.978 bits per heavy atom. The highest BCUT2D eigenvalue weighted by molar-refractivity contribution is 7.91. The van der Waals surface area contributed by atoms with Crippen LogP contribution < -0.4 is 10.1 Å². The molecule has 45 heavy (non-hydrogen) atoms. The Hall–Kier alpha value is -3.15. The first-order valence-electron chi connectivity index (χ1n) is 15.6. The second-order valence-corrected chi connectivity index (χ2v) is 16.4. The van der Waals surface area contributed by atoms with Crippen molar-refractivity contribution < 1.29 is 31.5 Å². The van der Waals surface area contributed by atoms with Gasteiger partial charge in [-0.25, -0.2) is 13.4 Å². The molecule has 1 N–H and O–H groups in total. The number of benzene rings is 2. The van der Waals surface area contributed by atoms with Gasteiger partial charge < -0.3 is 14.6 Å². The molecule has 1 unspecified atom stereocenters. The maximum Gasteiger partial charge on any atom is 0.314 e. The number of sulfone groups is 1. The Morgan fingerprint density at radius 3 is 2.24 bits per heavy atom. The van der Waals surface area contributed by atoms with Crippen LogP contribution in [0.4, 0.5) is 11.4 Å². The Morgan fingerprint density at radius 2 is 1.62 bits per heavy atom. The zero-order valence-electron chi connectivity index (χ0n) is 26.0. The molecule has 1 amide bonds. The van der Waals surface area contributed by atoms with Crippen molar-refractivity contribution in [2.45, 2.75) is 75.9 Å². The first-order chi connectivity index (χ1) is 21.3. The lowest BCUT2D eigenvalue weighted by atomic mass is 9.80. The molecule has 0 aromatic heterocycles. The minimum absolute atomic E-state index is 0.0800. The number of carbonyl (C=O) groups excluding carboxylic acids is 2. The number of aliphatic imine (C=N–C) groups is 1. The zero-order chi connectivity index (χ0) is 32.4. The molecule has 2 aliphatic carbocycles. The van der Waals surface area contributed by atoms with Crippen molar-refractivity contribution in [1.82, 2.24) is 0 Å². The van der Waals surface area contributed by atoms with Crippen LogP contribution in [-0.2, 0) is 35.9 Å². The van der Waals surface area contributed by atoms with Crippen LogP contribution in [0.1, 0.15) is 76.3 Å². The fourth-order valence-electron chi connectivity index (χ4n) is 6.79. The molecule has 1 aliphatic heterocycles. The van der Waals surface area contributed by atoms with Gasteiger partial charge in [0.15, 0.2) is 0 Å². The van der Waals surface area contributed by atoms with Crippen LogP contribution >= 0.6 is 0 Å². The second-order valence-electron chi connectivity index (χ2n) is 13.1. The molecule has 2 aromatic rings. The summed E-state index contributed by atoms with van der Waals surface area (Å²) in [5.41, 5.74) is 2.88. The Bertz CT molecular complexity index is 1620. The average Bonchev–Trinajstić information content (AvgIpc) is 3.27. The summed E-state index contributed by atoms with van der Waals surface area (Å²) in [5.74, 6) is -0.557. The van der Waals surface area contributed by atoms with Crippen molar-refractivity contribution in [2.24, 2.45) is 22.7 Å². The summed E-state index contributed by atoms with van der Waals surface area (Å²) in [6.45, 7) is 4.02. The quantitative estimate of drug-likeness (QED) is 0.202. The van der Waals surface area contributed by atoms with Crippen LogP contribution in [0.15, 0.2) is 53.5 Å². The molecule has 0 saturated heterocycles. The lowest BCUT2D eigenvalue weighted by Crippen LogP contribution is -2.32. The monoisotopic (exact) mass is 653 g/mol. The van der Waals surface area contributed by atoms with Gasteiger partial charge in [-0.15, -0.1) is 0 Å². The highest BCUT2D eigenvalue weighted by Gasteiger charge is 2.40. The molecule has 11 heteroatoms. The van der Waals surface area contributed by atoms with Gasteiger partial charge in [-0.05, 0) is 94.9 Å². The summed E-state index contributed by atoms with van der Waals surface area (Å²) in [5, 5.41) is 2.65. The lowest BCUT2D eigenvalue weighted by Gasteiger charge is -2.29. The molecule has 0 radical (unpaired) electrons. The molecule has 9 nitrogen and oxygen atoms in total. The molecule has 5 rings (SSSR count). The van der Waals surface area contributed by atoms with Gasteiger partial charge in [-0.1, -0.05) is 47.5 Å². The van der Waals surface area contributed by atoms with Gasteiger partial charge in [0.05, 0.1) is 28.3 Å². The fraction of sp³-hybridized carbons (Fsp3) is 0.500. The molecular weight excluding hydrogens is 613 g/mol. The SMILES string of the molecule is CC1(C)C(/C=C/c2ccccc2)=Nc2c(NC(=O)C3CCC(CS(=O)[O-])CC3)ccc(OC(=O)C3CCC(S(C)(=O)=O)CC3)c21. The minimum atomic E-state index is -3.15. The van der Waals surface area contributed by atoms with Gasteiger partial charge in [0.2, 0.25) is 5.91 Å². The largest absolute Gasteiger partial charge is 0.772 e. The zero-order valence-corrected chi connectivity index (χ0v) is 27.6. The molecular formula is C34H41N2O7S2-. The molecule has 2 saturated carbocycles. The van der Waals surface area contributed by atoms with E-state index < -0.39 is 37.5 Å². The third-order valence-corrected chi connectivity index (χ3v) is 12.0. The van der Waals surface area contributed by atoms with E-state index >= 15 is 0 Å². The molecule has 3 aliphatic rings. The highest BCUT2D eigenvalue weighted by atomic mass is 32.2. The maximum atomic E-state index is 13.4. The summed E-state index contributed by atoms with van der Waals surface area (Å²) in [7, 11) is -3.15. The second kappa shape index (κ2) is 13.7.